The first-order valence-corrected chi connectivity index (χ1v) is 5.78. The number of aliphatic carboxylic acids is 1. The molecule has 1 atom stereocenters. The van der Waals surface area contributed by atoms with Crippen molar-refractivity contribution in [3.05, 3.63) is 0 Å². The molecule has 0 rings (SSSR count). The molecule has 0 aliphatic heterocycles. The van der Waals surface area contributed by atoms with Gasteiger partial charge in [0.1, 0.15) is 6.04 Å². The van der Waals surface area contributed by atoms with E-state index >= 15 is 0 Å². The lowest BCUT2D eigenvalue weighted by molar-refractivity contribution is -0.147. The second-order valence-corrected chi connectivity index (χ2v) is 3.62. The van der Waals surface area contributed by atoms with Crippen LogP contribution in [0.5, 0.6) is 0 Å². The SMILES string of the molecule is CCOC(=O)[C@H](CCCl)NC(=O)CCC(=O)O. The molecule has 0 bridgehead atoms. The highest BCUT2D eigenvalue weighted by molar-refractivity contribution is 6.18. The van der Waals surface area contributed by atoms with Crippen LogP contribution in [0.2, 0.25) is 0 Å². The molecule has 0 aliphatic carbocycles. The maximum atomic E-state index is 11.4. The Balaban J connectivity index is 4.18. The quantitative estimate of drug-likeness (QED) is 0.493. The van der Waals surface area contributed by atoms with Crippen molar-refractivity contribution in [2.75, 3.05) is 12.5 Å². The van der Waals surface area contributed by atoms with Crippen molar-refractivity contribution in [3.63, 3.8) is 0 Å². The van der Waals surface area contributed by atoms with Gasteiger partial charge in [-0.2, -0.15) is 0 Å². The van der Waals surface area contributed by atoms with Crippen LogP contribution in [0.15, 0.2) is 0 Å². The lowest BCUT2D eigenvalue weighted by Crippen LogP contribution is -2.42. The molecule has 98 valence electrons. The number of carboxylic acids is 1. The van der Waals surface area contributed by atoms with Crippen molar-refractivity contribution in [2.24, 2.45) is 0 Å². The third-order valence-corrected chi connectivity index (χ3v) is 2.09. The second-order valence-electron chi connectivity index (χ2n) is 3.24. The first kappa shape index (κ1) is 15.7. The van der Waals surface area contributed by atoms with E-state index in [1.807, 2.05) is 0 Å². The summed E-state index contributed by atoms with van der Waals surface area (Å²) < 4.78 is 4.75. The summed E-state index contributed by atoms with van der Waals surface area (Å²) in [5, 5.41) is 10.8. The Morgan fingerprint density at radius 3 is 2.47 bits per heavy atom. The van der Waals surface area contributed by atoms with Gasteiger partial charge in [0.2, 0.25) is 5.91 Å². The standard InChI is InChI=1S/C10H16ClNO5/c1-2-17-10(16)7(5-6-11)12-8(13)3-4-9(14)15/h7H,2-6H2,1H3,(H,12,13)(H,14,15)/t7-/m0/s1. The van der Waals surface area contributed by atoms with Crippen molar-refractivity contribution >= 4 is 29.4 Å². The van der Waals surface area contributed by atoms with E-state index in [-0.39, 0.29) is 31.7 Å². The van der Waals surface area contributed by atoms with Crippen molar-refractivity contribution in [2.45, 2.75) is 32.2 Å². The average Bonchev–Trinajstić information content (AvgIpc) is 2.26. The van der Waals surface area contributed by atoms with Crippen LogP contribution < -0.4 is 5.32 Å². The number of alkyl halides is 1. The number of halogens is 1. The summed E-state index contributed by atoms with van der Waals surface area (Å²) in [7, 11) is 0. The van der Waals surface area contributed by atoms with E-state index in [0.717, 1.165) is 0 Å². The molecule has 6 nitrogen and oxygen atoms in total. The molecule has 0 aliphatic rings. The van der Waals surface area contributed by atoms with E-state index in [2.05, 4.69) is 5.32 Å². The monoisotopic (exact) mass is 265 g/mol. The first-order valence-electron chi connectivity index (χ1n) is 5.25. The zero-order valence-corrected chi connectivity index (χ0v) is 10.3. The number of hydrogen-bond acceptors (Lipinski definition) is 4. The van der Waals surface area contributed by atoms with Gasteiger partial charge in [0.15, 0.2) is 0 Å². The van der Waals surface area contributed by atoms with E-state index < -0.39 is 23.9 Å². The minimum Gasteiger partial charge on any atom is -0.481 e. The normalized spacial score (nSPS) is 11.6. The number of carboxylic acid groups (broad SMARTS) is 1. The van der Waals surface area contributed by atoms with Gasteiger partial charge < -0.3 is 15.2 Å². The Morgan fingerprint density at radius 2 is 2.00 bits per heavy atom. The Labute approximate surface area is 104 Å². The van der Waals surface area contributed by atoms with E-state index in [0.29, 0.717) is 0 Å². The summed E-state index contributed by atoms with van der Waals surface area (Å²) in [5.74, 6) is -1.93. The predicted molar refractivity (Wildman–Crippen MR) is 60.8 cm³/mol. The van der Waals surface area contributed by atoms with Crippen LogP contribution in [-0.2, 0) is 19.1 Å². The van der Waals surface area contributed by atoms with Crippen LogP contribution in [0.1, 0.15) is 26.2 Å². The molecule has 0 aromatic heterocycles. The average molecular weight is 266 g/mol. The van der Waals surface area contributed by atoms with Crippen molar-refractivity contribution in [1.29, 1.82) is 0 Å². The number of nitrogens with one attached hydrogen (secondary N) is 1. The van der Waals surface area contributed by atoms with Crippen LogP contribution in [0.25, 0.3) is 0 Å². The molecular weight excluding hydrogens is 250 g/mol. The molecule has 0 aromatic carbocycles. The number of rotatable bonds is 8. The second kappa shape index (κ2) is 8.81. The zero-order valence-electron chi connectivity index (χ0n) is 9.57. The molecule has 0 fully saturated rings. The number of amides is 1. The highest BCUT2D eigenvalue weighted by atomic mass is 35.5. The van der Waals surface area contributed by atoms with E-state index in [4.69, 9.17) is 21.4 Å². The summed E-state index contributed by atoms with van der Waals surface area (Å²) >= 11 is 5.50. The molecular formula is C10H16ClNO5. The van der Waals surface area contributed by atoms with Gasteiger partial charge in [-0.25, -0.2) is 4.79 Å². The fourth-order valence-corrected chi connectivity index (χ4v) is 1.31. The van der Waals surface area contributed by atoms with Crippen molar-refractivity contribution < 1.29 is 24.2 Å². The van der Waals surface area contributed by atoms with Gasteiger partial charge in [-0.1, -0.05) is 0 Å². The highest BCUT2D eigenvalue weighted by Crippen LogP contribution is 2.00. The fourth-order valence-electron chi connectivity index (χ4n) is 1.09. The first-order chi connectivity index (χ1) is 8.01. The van der Waals surface area contributed by atoms with E-state index in [1.165, 1.54) is 0 Å². The lowest BCUT2D eigenvalue weighted by Gasteiger charge is -2.15. The topological polar surface area (TPSA) is 92.7 Å². The summed E-state index contributed by atoms with van der Waals surface area (Å²) in [6.45, 7) is 1.87. The minimum atomic E-state index is -1.06. The van der Waals surface area contributed by atoms with Crippen LogP contribution in [-0.4, -0.2) is 41.5 Å². The maximum absolute atomic E-state index is 11.4. The van der Waals surface area contributed by atoms with Crippen molar-refractivity contribution in [3.8, 4) is 0 Å². The maximum Gasteiger partial charge on any atom is 0.328 e. The largest absolute Gasteiger partial charge is 0.481 e. The molecule has 0 radical (unpaired) electrons. The number of ether oxygens (including phenoxy) is 1. The highest BCUT2D eigenvalue weighted by Gasteiger charge is 2.21. The van der Waals surface area contributed by atoms with E-state index in [1.54, 1.807) is 6.92 Å². The van der Waals surface area contributed by atoms with Gasteiger partial charge in [0.05, 0.1) is 13.0 Å². The third-order valence-electron chi connectivity index (χ3n) is 1.87. The third kappa shape index (κ3) is 7.57. The summed E-state index contributed by atoms with van der Waals surface area (Å²) in [5.41, 5.74) is 0. The van der Waals surface area contributed by atoms with E-state index in [9.17, 15) is 14.4 Å². The van der Waals surface area contributed by atoms with Crippen LogP contribution in [0, 0.1) is 0 Å². The Morgan fingerprint density at radius 1 is 1.35 bits per heavy atom. The molecule has 17 heavy (non-hydrogen) atoms. The Bertz CT molecular complexity index is 282. The minimum absolute atomic E-state index is 0.173. The molecule has 0 spiro atoms. The van der Waals surface area contributed by atoms with Crippen LogP contribution in [0.3, 0.4) is 0 Å². The number of hydrogen-bond donors (Lipinski definition) is 2. The van der Waals surface area contributed by atoms with Crippen LogP contribution >= 0.6 is 11.6 Å². The molecule has 7 heteroatoms. The Kier molecular flexibility index (Phi) is 8.13. The van der Waals surface area contributed by atoms with Gasteiger partial charge in [-0.3, -0.25) is 9.59 Å². The van der Waals surface area contributed by atoms with Gasteiger partial charge in [0, 0.05) is 12.3 Å². The van der Waals surface area contributed by atoms with Gasteiger partial charge in [-0.15, -0.1) is 11.6 Å². The van der Waals surface area contributed by atoms with Crippen LogP contribution in [0.4, 0.5) is 0 Å². The van der Waals surface area contributed by atoms with Crippen molar-refractivity contribution in [1.82, 2.24) is 5.32 Å². The molecule has 0 heterocycles. The lowest BCUT2D eigenvalue weighted by atomic mass is 10.2. The van der Waals surface area contributed by atoms with Gasteiger partial charge in [0.25, 0.3) is 0 Å². The van der Waals surface area contributed by atoms with Gasteiger partial charge in [-0.05, 0) is 13.3 Å². The molecule has 0 saturated heterocycles. The molecule has 2 N–H and O–H groups in total. The summed E-state index contributed by atoms with van der Waals surface area (Å²) in [6.07, 6.45) is -0.199. The smallest absolute Gasteiger partial charge is 0.328 e. The molecule has 0 saturated carbocycles. The molecule has 1 amide bonds. The number of carbonyl (C=O) groups is 3. The fraction of sp³-hybridized carbons (Fsp3) is 0.700. The number of carbonyl (C=O) groups excluding carboxylic acids is 2. The Hall–Kier alpha value is -1.30. The predicted octanol–water partition coefficient (Wildman–Crippen LogP) is 0.528. The molecule has 0 aromatic rings. The number of esters is 1. The zero-order chi connectivity index (χ0) is 13.3. The van der Waals surface area contributed by atoms with Gasteiger partial charge >= 0.3 is 11.9 Å². The summed E-state index contributed by atoms with van der Waals surface area (Å²) in [6, 6.07) is -0.811. The summed E-state index contributed by atoms with van der Waals surface area (Å²) in [4.78, 5) is 33.0. The molecule has 0 unspecified atom stereocenters.